The topological polar surface area (TPSA) is 33.1 Å². The minimum Gasteiger partial charge on any atom is -0.392 e. The van der Waals surface area contributed by atoms with E-state index in [1.54, 1.807) is 0 Å². The van der Waals surface area contributed by atoms with Crippen LogP contribution < -0.4 is 0 Å². The maximum Gasteiger partial charge on any atom is 0.129 e. The molecule has 0 bridgehead atoms. The van der Waals surface area contributed by atoms with Crippen LogP contribution in [0.3, 0.4) is 0 Å². The predicted octanol–water partition coefficient (Wildman–Crippen LogP) is 3.77. The van der Waals surface area contributed by atoms with Gasteiger partial charge in [-0.1, -0.05) is 38.8 Å². The summed E-state index contributed by atoms with van der Waals surface area (Å²) >= 11 is 5.99. The summed E-state index contributed by atoms with van der Waals surface area (Å²) < 4.78 is 0. The Morgan fingerprint density at radius 2 is 2.22 bits per heavy atom. The molecule has 1 N–H and O–H groups in total. The summed E-state index contributed by atoms with van der Waals surface area (Å²) in [5.41, 5.74) is 3.64. The first-order chi connectivity index (χ1) is 8.47. The Morgan fingerprint density at radius 1 is 1.50 bits per heavy atom. The van der Waals surface area contributed by atoms with E-state index in [1.165, 1.54) is 18.4 Å². The Labute approximate surface area is 114 Å². The molecule has 0 spiro atoms. The fraction of sp³-hybridized carbons (Fsp3) is 0.667. The van der Waals surface area contributed by atoms with Crippen LogP contribution >= 0.6 is 11.6 Å². The number of halogens is 1. The number of aliphatic hydroxyl groups is 1. The largest absolute Gasteiger partial charge is 0.392 e. The van der Waals surface area contributed by atoms with E-state index in [-0.39, 0.29) is 6.61 Å². The predicted molar refractivity (Wildman–Crippen MR) is 74.8 cm³/mol. The molecule has 1 unspecified atom stereocenters. The number of hydrogen-bond acceptors (Lipinski definition) is 2. The fourth-order valence-corrected chi connectivity index (χ4v) is 3.09. The number of fused-ring (bicyclic) bond motifs is 1. The molecule has 3 heteroatoms. The molecule has 1 aromatic rings. The van der Waals surface area contributed by atoms with Gasteiger partial charge in [-0.15, -0.1) is 0 Å². The van der Waals surface area contributed by atoms with E-state index in [0.717, 1.165) is 24.1 Å². The van der Waals surface area contributed by atoms with Crippen molar-refractivity contribution in [3.8, 4) is 0 Å². The summed E-state index contributed by atoms with van der Waals surface area (Å²) in [6.45, 7) is 6.99. The maximum absolute atomic E-state index is 9.48. The summed E-state index contributed by atoms with van der Waals surface area (Å²) in [4.78, 5) is 4.42. The van der Waals surface area contributed by atoms with Crippen LogP contribution in [0.1, 0.15) is 50.4 Å². The first-order valence-corrected chi connectivity index (χ1v) is 7.13. The molecule has 100 valence electrons. The summed E-state index contributed by atoms with van der Waals surface area (Å²) in [7, 11) is 0. The zero-order chi connectivity index (χ0) is 13.3. The lowest BCUT2D eigenvalue weighted by molar-refractivity contribution is 0.180. The molecule has 0 saturated heterocycles. The molecule has 1 aliphatic carbocycles. The number of nitrogens with zero attached hydrogens (tertiary/aromatic N) is 1. The number of rotatable bonds is 3. The molecule has 0 fully saturated rings. The van der Waals surface area contributed by atoms with E-state index >= 15 is 0 Å². The van der Waals surface area contributed by atoms with Crippen molar-refractivity contribution in [2.24, 2.45) is 11.3 Å². The third kappa shape index (κ3) is 2.55. The second-order valence-electron chi connectivity index (χ2n) is 5.97. The molecule has 1 aromatic heterocycles. The average Bonchev–Trinajstić information content (AvgIpc) is 2.37. The highest BCUT2D eigenvalue weighted by Gasteiger charge is 2.32. The van der Waals surface area contributed by atoms with Crippen LogP contribution in [-0.2, 0) is 19.4 Å². The van der Waals surface area contributed by atoms with Crippen LogP contribution in [0.2, 0.25) is 5.15 Å². The highest BCUT2D eigenvalue weighted by atomic mass is 35.5. The van der Waals surface area contributed by atoms with Crippen LogP contribution in [-0.4, -0.2) is 10.1 Å². The van der Waals surface area contributed by atoms with E-state index in [2.05, 4.69) is 25.8 Å². The van der Waals surface area contributed by atoms with Crippen molar-refractivity contribution in [3.63, 3.8) is 0 Å². The van der Waals surface area contributed by atoms with Crippen LogP contribution in [0.5, 0.6) is 0 Å². The summed E-state index contributed by atoms with van der Waals surface area (Å²) in [6.07, 6.45) is 4.36. The van der Waals surface area contributed by atoms with Crippen molar-refractivity contribution in [1.29, 1.82) is 0 Å². The van der Waals surface area contributed by atoms with Crippen molar-refractivity contribution < 1.29 is 5.11 Å². The van der Waals surface area contributed by atoms with Gasteiger partial charge < -0.3 is 5.11 Å². The standard InChI is InChI=1S/C15H22ClNO/c1-4-15(2,3)11-5-6-13-12(8-11)10(9-18)7-14(16)17-13/h7,11,18H,4-6,8-9H2,1-3H3. The van der Waals surface area contributed by atoms with Crippen LogP contribution in [0, 0.1) is 11.3 Å². The van der Waals surface area contributed by atoms with Gasteiger partial charge in [0.1, 0.15) is 5.15 Å². The molecular weight excluding hydrogens is 246 g/mol. The molecule has 0 amide bonds. The second-order valence-corrected chi connectivity index (χ2v) is 6.36. The monoisotopic (exact) mass is 267 g/mol. The molecule has 2 rings (SSSR count). The number of aliphatic hydroxyl groups excluding tert-OH is 1. The summed E-state index contributed by atoms with van der Waals surface area (Å²) in [5, 5.41) is 9.98. The zero-order valence-electron chi connectivity index (χ0n) is 11.5. The van der Waals surface area contributed by atoms with E-state index in [1.807, 2.05) is 6.07 Å². The van der Waals surface area contributed by atoms with Gasteiger partial charge in [0.15, 0.2) is 0 Å². The highest BCUT2D eigenvalue weighted by molar-refractivity contribution is 6.29. The minimum absolute atomic E-state index is 0.0594. The first-order valence-electron chi connectivity index (χ1n) is 6.76. The third-order valence-electron chi connectivity index (χ3n) is 4.64. The van der Waals surface area contributed by atoms with Crippen LogP contribution in [0.25, 0.3) is 0 Å². The lowest BCUT2D eigenvalue weighted by Crippen LogP contribution is -2.30. The smallest absolute Gasteiger partial charge is 0.129 e. The molecule has 0 aliphatic heterocycles. The lowest BCUT2D eigenvalue weighted by atomic mass is 9.68. The zero-order valence-corrected chi connectivity index (χ0v) is 12.2. The Kier molecular flexibility index (Phi) is 3.98. The van der Waals surface area contributed by atoms with E-state index in [4.69, 9.17) is 11.6 Å². The second kappa shape index (κ2) is 5.18. The van der Waals surface area contributed by atoms with Gasteiger partial charge in [-0.2, -0.15) is 0 Å². The van der Waals surface area contributed by atoms with Gasteiger partial charge in [-0.05, 0) is 47.8 Å². The fourth-order valence-electron chi connectivity index (χ4n) is 2.86. The first kappa shape index (κ1) is 13.8. The lowest BCUT2D eigenvalue weighted by Gasteiger charge is -2.37. The van der Waals surface area contributed by atoms with Gasteiger partial charge >= 0.3 is 0 Å². The molecule has 1 atom stereocenters. The SMILES string of the molecule is CCC(C)(C)C1CCc2nc(Cl)cc(CO)c2C1. The number of hydrogen-bond donors (Lipinski definition) is 1. The van der Waals surface area contributed by atoms with Gasteiger partial charge in [0.05, 0.1) is 6.61 Å². The average molecular weight is 268 g/mol. The molecule has 0 aromatic carbocycles. The van der Waals surface area contributed by atoms with E-state index in [9.17, 15) is 5.11 Å². The number of pyridine rings is 1. The molecule has 0 radical (unpaired) electrons. The molecule has 1 heterocycles. The number of aromatic nitrogens is 1. The van der Waals surface area contributed by atoms with Gasteiger partial charge in [0.2, 0.25) is 0 Å². The summed E-state index contributed by atoms with van der Waals surface area (Å²) in [5.74, 6) is 0.670. The van der Waals surface area contributed by atoms with E-state index < -0.39 is 0 Å². The van der Waals surface area contributed by atoms with Crippen molar-refractivity contribution >= 4 is 11.6 Å². The quantitative estimate of drug-likeness (QED) is 0.846. The highest BCUT2D eigenvalue weighted by Crippen LogP contribution is 2.40. The molecule has 18 heavy (non-hydrogen) atoms. The van der Waals surface area contributed by atoms with E-state index in [0.29, 0.717) is 16.5 Å². The van der Waals surface area contributed by atoms with Crippen molar-refractivity contribution in [1.82, 2.24) is 4.98 Å². The number of aryl methyl sites for hydroxylation is 1. The van der Waals surface area contributed by atoms with Crippen molar-refractivity contribution in [3.05, 3.63) is 28.0 Å². The normalized spacial score (nSPS) is 19.7. The Hall–Kier alpha value is -0.600. The Bertz CT molecular complexity index is 425. The molecule has 2 nitrogen and oxygen atoms in total. The third-order valence-corrected chi connectivity index (χ3v) is 4.83. The van der Waals surface area contributed by atoms with Crippen LogP contribution in [0.4, 0.5) is 0 Å². The van der Waals surface area contributed by atoms with Crippen molar-refractivity contribution in [2.75, 3.05) is 0 Å². The molecule has 0 saturated carbocycles. The minimum atomic E-state index is 0.0594. The van der Waals surface area contributed by atoms with Gasteiger partial charge in [0.25, 0.3) is 0 Å². The molecular formula is C15H22ClNO. The van der Waals surface area contributed by atoms with Gasteiger partial charge in [-0.25, -0.2) is 4.98 Å². The molecule has 1 aliphatic rings. The van der Waals surface area contributed by atoms with Crippen molar-refractivity contribution in [2.45, 2.75) is 53.1 Å². The Morgan fingerprint density at radius 3 is 2.83 bits per heavy atom. The van der Waals surface area contributed by atoms with Crippen LogP contribution in [0.15, 0.2) is 6.07 Å². The Balaban J connectivity index is 2.34. The van der Waals surface area contributed by atoms with Gasteiger partial charge in [-0.3, -0.25) is 0 Å². The summed E-state index contributed by atoms with van der Waals surface area (Å²) in [6, 6.07) is 1.81. The maximum atomic E-state index is 9.48. The van der Waals surface area contributed by atoms with Gasteiger partial charge in [0, 0.05) is 5.69 Å².